The molecule has 0 radical (unpaired) electrons. The summed E-state index contributed by atoms with van der Waals surface area (Å²) in [6, 6.07) is 2.43. The Balaban J connectivity index is 1.68. The number of hydrogen-bond acceptors (Lipinski definition) is 4. The van der Waals surface area contributed by atoms with Crippen LogP contribution in [0.1, 0.15) is 41.8 Å². The Morgan fingerprint density at radius 1 is 1.53 bits per heavy atom. The first-order chi connectivity index (χ1) is 9.18. The van der Waals surface area contributed by atoms with Crippen LogP contribution in [0, 0.1) is 0 Å². The van der Waals surface area contributed by atoms with E-state index in [-0.39, 0.29) is 5.76 Å². The van der Waals surface area contributed by atoms with E-state index in [0.717, 1.165) is 19.1 Å². The van der Waals surface area contributed by atoms with Crippen LogP contribution in [0.25, 0.3) is 0 Å². The summed E-state index contributed by atoms with van der Waals surface area (Å²) < 4.78 is 4.94. The highest BCUT2D eigenvalue weighted by molar-refractivity contribution is 5.86. The molecule has 0 saturated heterocycles. The van der Waals surface area contributed by atoms with Crippen molar-refractivity contribution in [3.8, 4) is 0 Å². The van der Waals surface area contributed by atoms with E-state index in [2.05, 4.69) is 17.3 Å². The predicted octanol–water partition coefficient (Wildman–Crippen LogP) is 1.94. The van der Waals surface area contributed by atoms with Gasteiger partial charge in [0.1, 0.15) is 0 Å². The van der Waals surface area contributed by atoms with E-state index in [9.17, 15) is 4.79 Å². The summed E-state index contributed by atoms with van der Waals surface area (Å²) in [7, 11) is 2.16. The van der Waals surface area contributed by atoms with Crippen LogP contribution in [0.2, 0.25) is 0 Å². The van der Waals surface area contributed by atoms with Gasteiger partial charge in [-0.15, -0.1) is 0 Å². The third kappa shape index (κ3) is 3.81. The van der Waals surface area contributed by atoms with Gasteiger partial charge in [-0.2, -0.15) is 0 Å². The number of nitrogens with zero attached hydrogens (tertiary/aromatic N) is 1. The zero-order chi connectivity index (χ0) is 13.7. The van der Waals surface area contributed by atoms with Crippen LogP contribution < -0.4 is 5.32 Å². The molecular weight excluding hydrogens is 244 g/mol. The molecule has 0 atom stereocenters. The number of rotatable bonds is 7. The molecule has 0 aromatic carbocycles. The molecule has 1 heterocycles. The van der Waals surface area contributed by atoms with Crippen LogP contribution in [0.5, 0.6) is 0 Å². The van der Waals surface area contributed by atoms with Crippen LogP contribution in [0.3, 0.4) is 0 Å². The third-order valence-electron chi connectivity index (χ3n) is 3.85. The lowest BCUT2D eigenvalue weighted by Gasteiger charge is -2.23. The molecule has 0 bridgehead atoms. The summed E-state index contributed by atoms with van der Waals surface area (Å²) in [5, 5.41) is 12.2. The molecule has 0 unspecified atom stereocenters. The van der Waals surface area contributed by atoms with Gasteiger partial charge < -0.3 is 19.7 Å². The van der Waals surface area contributed by atoms with E-state index in [0.29, 0.717) is 12.1 Å². The zero-order valence-electron chi connectivity index (χ0n) is 11.4. The van der Waals surface area contributed by atoms with Crippen LogP contribution in [-0.2, 0) is 6.54 Å². The minimum Gasteiger partial charge on any atom is -0.475 e. The highest BCUT2D eigenvalue weighted by Gasteiger charge is 2.19. The molecule has 0 spiro atoms. The first kappa shape index (κ1) is 14.1. The summed E-state index contributed by atoms with van der Waals surface area (Å²) in [5.74, 6) is -0.971. The maximum Gasteiger partial charge on any atom is 0.372 e. The highest BCUT2D eigenvalue weighted by atomic mass is 16.4. The van der Waals surface area contributed by atoms with Crippen molar-refractivity contribution >= 4 is 5.97 Å². The molecule has 19 heavy (non-hydrogen) atoms. The van der Waals surface area contributed by atoms with Gasteiger partial charge in [0.05, 0.1) is 6.26 Å². The van der Waals surface area contributed by atoms with Gasteiger partial charge in [0.2, 0.25) is 5.76 Å². The molecule has 0 amide bonds. The standard InChI is InChI=1S/C14H22N2O3/c1-16(12-4-2-3-5-12)8-7-15-10-11-6-9-19-13(11)14(17)18/h6,9,12,15H,2-5,7-8,10H2,1H3,(H,17,18). The van der Waals surface area contributed by atoms with Crippen molar-refractivity contribution in [3.63, 3.8) is 0 Å². The lowest BCUT2D eigenvalue weighted by Crippen LogP contribution is -2.35. The largest absolute Gasteiger partial charge is 0.475 e. The summed E-state index contributed by atoms with van der Waals surface area (Å²) >= 11 is 0. The molecule has 5 heteroatoms. The quantitative estimate of drug-likeness (QED) is 0.738. The number of carbonyl (C=O) groups is 1. The first-order valence-electron chi connectivity index (χ1n) is 6.89. The fourth-order valence-electron chi connectivity index (χ4n) is 2.67. The monoisotopic (exact) mass is 266 g/mol. The van der Waals surface area contributed by atoms with Crippen molar-refractivity contribution in [1.82, 2.24) is 10.2 Å². The fraction of sp³-hybridized carbons (Fsp3) is 0.643. The highest BCUT2D eigenvalue weighted by Crippen LogP contribution is 2.21. The zero-order valence-corrected chi connectivity index (χ0v) is 11.4. The summed E-state index contributed by atoms with van der Waals surface area (Å²) in [6.45, 7) is 2.39. The second kappa shape index (κ2) is 6.73. The number of aromatic carboxylic acids is 1. The number of furan rings is 1. The number of carboxylic acid groups (broad SMARTS) is 1. The minimum atomic E-state index is -1.01. The number of nitrogens with one attached hydrogen (secondary N) is 1. The smallest absolute Gasteiger partial charge is 0.372 e. The molecule has 1 aliphatic rings. The number of likely N-dealkylation sites (N-methyl/N-ethyl adjacent to an activating group) is 1. The van der Waals surface area contributed by atoms with Crippen molar-refractivity contribution in [2.75, 3.05) is 20.1 Å². The van der Waals surface area contributed by atoms with Crippen molar-refractivity contribution in [1.29, 1.82) is 0 Å². The van der Waals surface area contributed by atoms with Crippen LogP contribution in [0.4, 0.5) is 0 Å². The second-order valence-electron chi connectivity index (χ2n) is 5.18. The maximum absolute atomic E-state index is 10.9. The lowest BCUT2D eigenvalue weighted by molar-refractivity contribution is 0.0660. The van der Waals surface area contributed by atoms with Crippen LogP contribution >= 0.6 is 0 Å². The van der Waals surface area contributed by atoms with Gasteiger partial charge in [-0.3, -0.25) is 0 Å². The average molecular weight is 266 g/mol. The minimum absolute atomic E-state index is 0.0386. The first-order valence-corrected chi connectivity index (χ1v) is 6.89. The Labute approximate surface area is 113 Å². The van der Waals surface area contributed by atoms with E-state index < -0.39 is 5.97 Å². The fourth-order valence-corrected chi connectivity index (χ4v) is 2.67. The van der Waals surface area contributed by atoms with E-state index in [4.69, 9.17) is 9.52 Å². The predicted molar refractivity (Wildman–Crippen MR) is 72.3 cm³/mol. The van der Waals surface area contributed by atoms with E-state index in [1.807, 2.05) is 0 Å². The van der Waals surface area contributed by atoms with E-state index in [1.54, 1.807) is 6.07 Å². The third-order valence-corrected chi connectivity index (χ3v) is 3.85. The molecule has 1 aromatic heterocycles. The second-order valence-corrected chi connectivity index (χ2v) is 5.18. The van der Waals surface area contributed by atoms with Gasteiger partial charge in [0.15, 0.2) is 0 Å². The summed E-state index contributed by atoms with van der Waals surface area (Å²) in [5.41, 5.74) is 0.705. The normalized spacial score (nSPS) is 16.3. The number of carboxylic acids is 1. The molecule has 2 N–H and O–H groups in total. The molecule has 0 aliphatic heterocycles. The summed E-state index contributed by atoms with van der Waals surface area (Å²) in [4.78, 5) is 13.3. The maximum atomic E-state index is 10.9. The van der Waals surface area contributed by atoms with Crippen molar-refractivity contribution in [2.24, 2.45) is 0 Å². The molecule has 5 nitrogen and oxygen atoms in total. The SMILES string of the molecule is CN(CCNCc1ccoc1C(=O)O)C1CCCC1. The molecule has 106 valence electrons. The lowest BCUT2D eigenvalue weighted by atomic mass is 10.2. The molecular formula is C14H22N2O3. The topological polar surface area (TPSA) is 65.7 Å². The van der Waals surface area contributed by atoms with Crippen LogP contribution in [0.15, 0.2) is 16.7 Å². The molecule has 1 saturated carbocycles. The molecule has 1 aromatic rings. The van der Waals surface area contributed by atoms with Gasteiger partial charge in [0, 0.05) is 31.2 Å². The molecule has 1 aliphatic carbocycles. The Hall–Kier alpha value is -1.33. The van der Waals surface area contributed by atoms with Crippen molar-refractivity contribution in [2.45, 2.75) is 38.3 Å². The molecule has 1 fully saturated rings. The van der Waals surface area contributed by atoms with Crippen molar-refractivity contribution < 1.29 is 14.3 Å². The van der Waals surface area contributed by atoms with E-state index in [1.165, 1.54) is 31.9 Å². The number of hydrogen-bond donors (Lipinski definition) is 2. The Morgan fingerprint density at radius 2 is 2.26 bits per heavy atom. The van der Waals surface area contributed by atoms with Crippen molar-refractivity contribution in [3.05, 3.63) is 23.7 Å². The average Bonchev–Trinajstić information content (AvgIpc) is 3.04. The molecule has 2 rings (SSSR count). The van der Waals surface area contributed by atoms with Gasteiger partial charge >= 0.3 is 5.97 Å². The summed E-state index contributed by atoms with van der Waals surface area (Å²) in [6.07, 6.45) is 6.73. The Bertz CT molecular complexity index is 411. The van der Waals surface area contributed by atoms with Gasteiger partial charge in [-0.25, -0.2) is 4.79 Å². The van der Waals surface area contributed by atoms with Crippen LogP contribution in [-0.4, -0.2) is 42.2 Å². The van der Waals surface area contributed by atoms with Gasteiger partial charge in [-0.1, -0.05) is 12.8 Å². The van der Waals surface area contributed by atoms with E-state index >= 15 is 0 Å². The van der Waals surface area contributed by atoms with Gasteiger partial charge in [-0.05, 0) is 26.0 Å². The Morgan fingerprint density at radius 3 is 2.95 bits per heavy atom. The Kier molecular flexibility index (Phi) is 4.99. The van der Waals surface area contributed by atoms with Gasteiger partial charge in [0.25, 0.3) is 0 Å².